The van der Waals surface area contributed by atoms with Gasteiger partial charge in [-0.05, 0) is 68.7 Å². The Balaban J connectivity index is 1.78. The van der Waals surface area contributed by atoms with Crippen LogP contribution in [-0.2, 0) is 13.2 Å². The first-order chi connectivity index (χ1) is 14.4. The molecule has 156 valence electrons. The monoisotopic (exact) mass is 404 g/mol. The molecule has 0 N–H and O–H groups in total. The molecule has 2 aromatic carbocycles. The smallest absolute Gasteiger partial charge is 0.189 e. The number of hydrogen-bond acceptors (Lipinski definition) is 4. The molecule has 0 saturated heterocycles. The van der Waals surface area contributed by atoms with E-state index in [0.717, 1.165) is 46.0 Å². The summed E-state index contributed by atoms with van der Waals surface area (Å²) in [6.07, 6.45) is 5.02. The molecule has 0 radical (unpaired) electrons. The molecule has 1 heterocycles. The van der Waals surface area contributed by atoms with E-state index < -0.39 is 0 Å². The summed E-state index contributed by atoms with van der Waals surface area (Å²) >= 11 is 0. The molecule has 3 aromatic rings. The maximum atomic E-state index is 12.6. The molecular weight excluding hydrogens is 376 g/mol. The highest BCUT2D eigenvalue weighted by atomic mass is 16.5. The molecule has 0 aliphatic heterocycles. The van der Waals surface area contributed by atoms with Crippen molar-refractivity contribution in [3.8, 4) is 11.5 Å². The van der Waals surface area contributed by atoms with Crippen LogP contribution in [0.2, 0.25) is 0 Å². The molecule has 5 nitrogen and oxygen atoms in total. The van der Waals surface area contributed by atoms with Crippen LogP contribution in [-0.4, -0.2) is 22.7 Å². The maximum Gasteiger partial charge on any atom is 0.189 e. The van der Waals surface area contributed by atoms with Gasteiger partial charge in [-0.3, -0.25) is 9.48 Å². The Kier molecular flexibility index (Phi) is 6.72. The summed E-state index contributed by atoms with van der Waals surface area (Å²) in [5.74, 6) is 1.55. The van der Waals surface area contributed by atoms with Crippen LogP contribution in [0.4, 0.5) is 0 Å². The van der Waals surface area contributed by atoms with Crippen LogP contribution in [0, 0.1) is 20.8 Å². The van der Waals surface area contributed by atoms with Gasteiger partial charge in [0.2, 0.25) is 0 Å². The summed E-state index contributed by atoms with van der Waals surface area (Å²) in [6, 6.07) is 11.9. The number of nitrogens with zero attached hydrogens (tertiary/aromatic N) is 2. The lowest BCUT2D eigenvalue weighted by molar-refractivity contribution is 0.104. The van der Waals surface area contributed by atoms with E-state index in [1.165, 1.54) is 0 Å². The fourth-order valence-corrected chi connectivity index (χ4v) is 3.30. The highest BCUT2D eigenvalue weighted by molar-refractivity contribution is 6.07. The van der Waals surface area contributed by atoms with Gasteiger partial charge in [0.05, 0.1) is 18.9 Å². The number of carbonyl (C=O) groups excluding carboxylic acids is 1. The average molecular weight is 405 g/mol. The quantitative estimate of drug-likeness (QED) is 0.377. The molecule has 0 spiro atoms. The van der Waals surface area contributed by atoms with E-state index in [2.05, 4.69) is 17.2 Å². The zero-order chi connectivity index (χ0) is 21.7. The van der Waals surface area contributed by atoms with Crippen molar-refractivity contribution in [2.24, 2.45) is 0 Å². The number of ether oxygens (including phenoxy) is 2. The summed E-state index contributed by atoms with van der Waals surface area (Å²) in [5.41, 5.74) is 5.57. The Bertz CT molecular complexity index is 1080. The topological polar surface area (TPSA) is 53.4 Å². The third-order valence-electron chi connectivity index (χ3n) is 5.13. The fraction of sp³-hybridized carbons (Fsp3) is 0.280. The normalized spacial score (nSPS) is 11.1. The molecule has 1 aromatic heterocycles. The average Bonchev–Trinajstić information content (AvgIpc) is 3.13. The minimum absolute atomic E-state index is 0.0591. The van der Waals surface area contributed by atoms with Crippen molar-refractivity contribution in [2.75, 3.05) is 7.11 Å². The van der Waals surface area contributed by atoms with Crippen LogP contribution in [0.15, 0.2) is 48.7 Å². The van der Waals surface area contributed by atoms with Gasteiger partial charge in [-0.15, -0.1) is 0 Å². The molecule has 0 amide bonds. The van der Waals surface area contributed by atoms with Crippen LogP contribution < -0.4 is 9.47 Å². The second-order valence-electron chi connectivity index (χ2n) is 7.29. The number of ketones is 1. The van der Waals surface area contributed by atoms with E-state index in [1.54, 1.807) is 19.4 Å². The van der Waals surface area contributed by atoms with E-state index in [9.17, 15) is 4.79 Å². The Hall–Kier alpha value is -3.34. The first-order valence-electron chi connectivity index (χ1n) is 10.0. The molecule has 0 fully saturated rings. The second kappa shape index (κ2) is 9.44. The molecule has 5 heteroatoms. The standard InChI is InChI=1S/C25H28N2O3/c1-6-27-19(4)22(15-26-27)23(28)11-9-20-10-12-24(29-5)21(14-20)16-30-25-13-17(2)7-8-18(25)3/h7-15H,6,16H2,1-5H3/b11-9+. The molecule has 0 bridgehead atoms. The minimum atomic E-state index is -0.0591. The molecule has 0 aliphatic rings. The second-order valence-corrected chi connectivity index (χ2v) is 7.29. The lowest BCUT2D eigenvalue weighted by Crippen LogP contribution is -2.02. The number of carbonyl (C=O) groups is 1. The molecule has 0 unspecified atom stereocenters. The van der Waals surface area contributed by atoms with E-state index in [1.807, 2.05) is 62.7 Å². The Labute approximate surface area is 178 Å². The summed E-state index contributed by atoms with van der Waals surface area (Å²) in [4.78, 5) is 12.6. The van der Waals surface area contributed by atoms with Crippen LogP contribution in [0.1, 0.15) is 45.2 Å². The van der Waals surface area contributed by atoms with Gasteiger partial charge < -0.3 is 9.47 Å². The van der Waals surface area contributed by atoms with E-state index >= 15 is 0 Å². The number of hydrogen-bond donors (Lipinski definition) is 0. The lowest BCUT2D eigenvalue weighted by atomic mass is 10.1. The Morgan fingerprint density at radius 3 is 2.60 bits per heavy atom. The van der Waals surface area contributed by atoms with E-state index in [-0.39, 0.29) is 5.78 Å². The summed E-state index contributed by atoms with van der Waals surface area (Å²) < 4.78 is 13.3. The van der Waals surface area contributed by atoms with Gasteiger partial charge in [0.15, 0.2) is 5.78 Å². The molecular formula is C25H28N2O3. The van der Waals surface area contributed by atoms with Gasteiger partial charge in [0.25, 0.3) is 0 Å². The van der Waals surface area contributed by atoms with Gasteiger partial charge in [0.1, 0.15) is 18.1 Å². The van der Waals surface area contributed by atoms with Crippen molar-refractivity contribution >= 4 is 11.9 Å². The first-order valence-corrected chi connectivity index (χ1v) is 10.0. The number of aryl methyl sites for hydroxylation is 3. The molecule has 0 aliphatic carbocycles. The fourth-order valence-electron chi connectivity index (χ4n) is 3.30. The molecule has 0 atom stereocenters. The van der Waals surface area contributed by atoms with Crippen LogP contribution in [0.25, 0.3) is 6.08 Å². The van der Waals surface area contributed by atoms with Crippen LogP contribution in [0.5, 0.6) is 11.5 Å². The maximum absolute atomic E-state index is 12.6. The van der Waals surface area contributed by atoms with Gasteiger partial charge in [-0.1, -0.05) is 24.3 Å². The SMILES string of the molecule is CCn1ncc(C(=O)/C=C/c2ccc(OC)c(COc3cc(C)ccc3C)c2)c1C. The van der Waals surface area contributed by atoms with Crippen molar-refractivity contribution in [1.29, 1.82) is 0 Å². The van der Waals surface area contributed by atoms with Crippen molar-refractivity contribution in [1.82, 2.24) is 9.78 Å². The van der Waals surface area contributed by atoms with Crippen molar-refractivity contribution in [3.05, 3.63) is 82.2 Å². The predicted octanol–water partition coefficient (Wildman–Crippen LogP) is 5.31. The zero-order valence-corrected chi connectivity index (χ0v) is 18.2. The number of rotatable bonds is 8. The number of allylic oxidation sites excluding steroid dienone is 1. The zero-order valence-electron chi connectivity index (χ0n) is 18.2. The number of aromatic nitrogens is 2. The summed E-state index contributed by atoms with van der Waals surface area (Å²) in [7, 11) is 1.64. The number of benzene rings is 2. The largest absolute Gasteiger partial charge is 0.496 e. The van der Waals surface area contributed by atoms with E-state index in [4.69, 9.17) is 9.47 Å². The summed E-state index contributed by atoms with van der Waals surface area (Å²) in [5, 5.41) is 4.24. The van der Waals surface area contributed by atoms with Gasteiger partial charge in [0, 0.05) is 17.8 Å². The van der Waals surface area contributed by atoms with E-state index in [0.29, 0.717) is 12.2 Å². The van der Waals surface area contributed by atoms with Gasteiger partial charge in [-0.2, -0.15) is 5.10 Å². The third-order valence-corrected chi connectivity index (χ3v) is 5.13. The molecule has 0 saturated carbocycles. The van der Waals surface area contributed by atoms with Crippen molar-refractivity contribution in [3.63, 3.8) is 0 Å². The van der Waals surface area contributed by atoms with Crippen molar-refractivity contribution in [2.45, 2.75) is 40.8 Å². The van der Waals surface area contributed by atoms with Crippen molar-refractivity contribution < 1.29 is 14.3 Å². The van der Waals surface area contributed by atoms with Crippen LogP contribution >= 0.6 is 0 Å². The Morgan fingerprint density at radius 2 is 1.90 bits per heavy atom. The minimum Gasteiger partial charge on any atom is -0.496 e. The third kappa shape index (κ3) is 4.79. The number of methoxy groups -OCH3 is 1. The van der Waals surface area contributed by atoms with Gasteiger partial charge in [-0.25, -0.2) is 0 Å². The Morgan fingerprint density at radius 1 is 1.10 bits per heavy atom. The van der Waals surface area contributed by atoms with Gasteiger partial charge >= 0.3 is 0 Å². The first kappa shape index (κ1) is 21.4. The molecule has 30 heavy (non-hydrogen) atoms. The lowest BCUT2D eigenvalue weighted by Gasteiger charge is -2.13. The predicted molar refractivity (Wildman–Crippen MR) is 119 cm³/mol. The summed E-state index contributed by atoms with van der Waals surface area (Å²) in [6.45, 7) is 9.11. The highest BCUT2D eigenvalue weighted by Crippen LogP contribution is 2.25. The van der Waals surface area contributed by atoms with Crippen LogP contribution in [0.3, 0.4) is 0 Å². The highest BCUT2D eigenvalue weighted by Gasteiger charge is 2.11. The molecule has 3 rings (SSSR count).